The van der Waals surface area contributed by atoms with Crippen molar-refractivity contribution in [3.05, 3.63) is 124 Å². The van der Waals surface area contributed by atoms with E-state index in [1.807, 2.05) is 0 Å². The summed E-state index contributed by atoms with van der Waals surface area (Å²) >= 11 is 1.54. The van der Waals surface area contributed by atoms with Crippen LogP contribution in [0.4, 0.5) is 0 Å². The maximum Gasteiger partial charge on any atom is -1.00 e. The Morgan fingerprint density at radius 1 is 0.800 bits per heavy atom. The van der Waals surface area contributed by atoms with E-state index in [-0.39, 0.29) is 35.6 Å². The van der Waals surface area contributed by atoms with Crippen LogP contribution in [0, 0.1) is 17.4 Å². The summed E-state index contributed by atoms with van der Waals surface area (Å²) < 4.78 is 1.55. The zero-order chi connectivity index (χ0) is 35.0. The molecule has 0 saturated carbocycles. The molecule has 4 aromatic rings. The quantitative estimate of drug-likeness (QED) is 0.190. The number of rotatable bonds is 3. The van der Waals surface area contributed by atoms with E-state index in [4.69, 9.17) is 0 Å². The van der Waals surface area contributed by atoms with E-state index in [1.165, 1.54) is 103 Å². The zero-order valence-corrected chi connectivity index (χ0v) is 36.2. The SMILES string of the molecule is CC1=CCC(C)(C)c2cc3[cH-]c4cc5c(cc4c3cc21)C(C)=CCC5(C)C.CCC1[C-]=CC(C(C)(C)C)=C1.CC[C](=[Zr+2])c1ccccc1.[Cl-].[Cl-]. The third-order valence-electron chi connectivity index (χ3n) is 10.7. The van der Waals surface area contributed by atoms with Gasteiger partial charge in [-0.15, -0.1) is 39.7 Å². The second-order valence-corrected chi connectivity index (χ2v) is 17.9. The van der Waals surface area contributed by atoms with Gasteiger partial charge in [-0.3, -0.25) is 6.08 Å². The van der Waals surface area contributed by atoms with E-state index >= 15 is 0 Å². The Bertz CT molecular complexity index is 1860. The standard InChI is InChI=1S/C27H29.C11H17.C9H10.2ClH.Zr/c1-16-7-9-26(3,4)24-12-18-11-19-13-25-21(17(2)8-10-27(25,5)6)15-23(19)22(18)14-20(16)24;1-5-9-6-7-10(8-9)11(2,3)4;1-2-6-9-7-4-3-5-8-9;;;/h7-8,11-15H,9-10H2,1-6H3;7-9H,5H2,1-4H3;3-5,7-8H,2H2,1H3;2*1H;/q2*-1;;;;+2/p-2. The maximum absolute atomic E-state index is 3.35. The van der Waals surface area contributed by atoms with Gasteiger partial charge in [0.2, 0.25) is 0 Å². The summed E-state index contributed by atoms with van der Waals surface area (Å²) in [6.45, 7) is 25.2. The number of hydrogen-bond donors (Lipinski definition) is 0. The molecule has 1 atom stereocenters. The average molecular weight is 783 g/mol. The Morgan fingerprint density at radius 2 is 1.28 bits per heavy atom. The van der Waals surface area contributed by atoms with Crippen LogP contribution in [-0.2, 0) is 35.1 Å². The van der Waals surface area contributed by atoms with Crippen molar-refractivity contribution in [3.63, 3.8) is 0 Å². The topological polar surface area (TPSA) is 0 Å². The Balaban J connectivity index is 0.000000244. The monoisotopic (exact) mass is 780 g/mol. The van der Waals surface area contributed by atoms with Crippen LogP contribution in [0.3, 0.4) is 0 Å². The van der Waals surface area contributed by atoms with Gasteiger partial charge in [0, 0.05) is 0 Å². The van der Waals surface area contributed by atoms with Crippen LogP contribution < -0.4 is 24.8 Å². The second kappa shape index (κ2) is 16.7. The van der Waals surface area contributed by atoms with Crippen LogP contribution in [0.5, 0.6) is 0 Å². The molecule has 0 nitrogen and oxygen atoms in total. The molecular formula is C47H56Cl2Zr-2. The average Bonchev–Trinajstić information content (AvgIpc) is 3.69. The molecule has 7 rings (SSSR count). The molecule has 3 heteroatoms. The van der Waals surface area contributed by atoms with Gasteiger partial charge >= 0.3 is 76.7 Å². The minimum absolute atomic E-state index is 0. The van der Waals surface area contributed by atoms with Crippen molar-refractivity contribution in [2.24, 2.45) is 11.3 Å². The summed E-state index contributed by atoms with van der Waals surface area (Å²) in [6, 6.07) is 22.9. The minimum Gasteiger partial charge on any atom is -1.00 e. The van der Waals surface area contributed by atoms with Gasteiger partial charge in [-0.05, 0) is 59.8 Å². The van der Waals surface area contributed by atoms with Gasteiger partial charge in [0.05, 0.1) is 0 Å². The number of halogens is 2. The molecule has 0 saturated heterocycles. The molecule has 0 amide bonds. The van der Waals surface area contributed by atoms with E-state index in [2.05, 4.69) is 167 Å². The molecule has 0 bridgehead atoms. The number of allylic oxidation sites excluding steroid dienone is 8. The molecule has 3 aliphatic carbocycles. The van der Waals surface area contributed by atoms with E-state index in [9.17, 15) is 0 Å². The fourth-order valence-corrected chi connectivity index (χ4v) is 7.60. The van der Waals surface area contributed by atoms with Crippen LogP contribution in [0.15, 0.2) is 90.5 Å². The van der Waals surface area contributed by atoms with Crippen molar-refractivity contribution in [2.45, 2.75) is 113 Å². The Kier molecular flexibility index (Phi) is 14.1. The van der Waals surface area contributed by atoms with E-state index in [0.29, 0.717) is 11.3 Å². The van der Waals surface area contributed by atoms with Crippen molar-refractivity contribution in [1.29, 1.82) is 0 Å². The fourth-order valence-electron chi connectivity index (χ4n) is 7.19. The van der Waals surface area contributed by atoms with E-state index in [0.717, 1.165) is 12.8 Å². The molecule has 0 aromatic heterocycles. The normalized spacial score (nSPS) is 18.1. The predicted molar refractivity (Wildman–Crippen MR) is 210 cm³/mol. The molecule has 50 heavy (non-hydrogen) atoms. The Morgan fingerprint density at radius 3 is 1.66 bits per heavy atom. The summed E-state index contributed by atoms with van der Waals surface area (Å²) in [6.07, 6.45) is 17.3. The van der Waals surface area contributed by atoms with Gasteiger partial charge in [-0.1, -0.05) is 109 Å². The van der Waals surface area contributed by atoms with Gasteiger partial charge < -0.3 is 24.8 Å². The molecule has 0 spiro atoms. The summed E-state index contributed by atoms with van der Waals surface area (Å²) in [5.74, 6) is 0.573. The van der Waals surface area contributed by atoms with Crippen molar-refractivity contribution in [1.82, 2.24) is 0 Å². The van der Waals surface area contributed by atoms with E-state index in [1.54, 1.807) is 3.21 Å². The first-order chi connectivity index (χ1) is 22.6. The molecule has 3 aliphatic rings. The van der Waals surface area contributed by atoms with Crippen molar-refractivity contribution < 1.29 is 49.0 Å². The summed E-state index contributed by atoms with van der Waals surface area (Å²) in [7, 11) is 0. The Hall–Kier alpha value is -2.18. The summed E-state index contributed by atoms with van der Waals surface area (Å²) in [5, 5.41) is 5.61. The molecule has 264 valence electrons. The molecule has 0 fully saturated rings. The summed E-state index contributed by atoms with van der Waals surface area (Å²) in [5.41, 5.74) is 12.3. The first-order valence-corrected chi connectivity index (χ1v) is 19.3. The van der Waals surface area contributed by atoms with Gasteiger partial charge in [-0.25, -0.2) is 6.08 Å². The second-order valence-electron chi connectivity index (χ2n) is 16.5. The van der Waals surface area contributed by atoms with Crippen molar-refractivity contribution in [3.8, 4) is 0 Å². The number of fused-ring (bicyclic) bond motifs is 5. The van der Waals surface area contributed by atoms with Crippen LogP contribution in [0.1, 0.15) is 130 Å². The van der Waals surface area contributed by atoms with Gasteiger partial charge in [0.15, 0.2) is 0 Å². The largest absolute Gasteiger partial charge is 1.00 e. The molecular weight excluding hydrogens is 727 g/mol. The van der Waals surface area contributed by atoms with Crippen LogP contribution >= 0.6 is 0 Å². The van der Waals surface area contributed by atoms with Crippen LogP contribution in [-0.4, -0.2) is 3.21 Å². The van der Waals surface area contributed by atoms with E-state index < -0.39 is 0 Å². The summed E-state index contributed by atoms with van der Waals surface area (Å²) in [4.78, 5) is 0. The van der Waals surface area contributed by atoms with Gasteiger partial charge in [-0.2, -0.15) is 11.6 Å². The smallest absolute Gasteiger partial charge is 1.00 e. The van der Waals surface area contributed by atoms with Crippen LogP contribution in [0.2, 0.25) is 0 Å². The molecule has 0 radical (unpaired) electrons. The molecule has 0 aliphatic heterocycles. The number of benzene rings is 3. The molecule has 4 aromatic carbocycles. The van der Waals surface area contributed by atoms with Crippen molar-refractivity contribution in [2.75, 3.05) is 0 Å². The fraction of sp³-hybridized carbons (Fsp3) is 0.404. The predicted octanol–water partition coefficient (Wildman–Crippen LogP) is 7.41. The third-order valence-corrected chi connectivity index (χ3v) is 12.3. The minimum atomic E-state index is 0. The Labute approximate surface area is 331 Å². The molecule has 0 N–H and O–H groups in total. The molecule has 0 heterocycles. The van der Waals surface area contributed by atoms with Crippen molar-refractivity contribution >= 4 is 35.9 Å². The maximum atomic E-state index is 3.35. The third kappa shape index (κ3) is 9.06. The van der Waals surface area contributed by atoms with Crippen LogP contribution in [0.25, 0.3) is 32.7 Å². The number of hydrogen-bond acceptors (Lipinski definition) is 0. The first kappa shape index (κ1) is 42.2. The van der Waals surface area contributed by atoms with Gasteiger partial charge in [0.25, 0.3) is 0 Å². The van der Waals surface area contributed by atoms with Gasteiger partial charge in [0.1, 0.15) is 0 Å². The zero-order valence-electron chi connectivity index (χ0n) is 32.2. The molecule has 1 unspecified atom stereocenters. The first-order valence-electron chi connectivity index (χ1n) is 18.1.